The number of carbonyl (C=O) groups is 2. The Morgan fingerprint density at radius 2 is 1.62 bits per heavy atom. The molecule has 0 unspecified atom stereocenters. The number of hydrogen-bond acceptors (Lipinski definition) is 5. The van der Waals surface area contributed by atoms with Crippen LogP contribution in [0.5, 0.6) is 0 Å². The van der Waals surface area contributed by atoms with Gasteiger partial charge in [-0.3, -0.25) is 0 Å². The number of methoxy groups -OCH3 is 1. The molecule has 0 aromatic heterocycles. The van der Waals surface area contributed by atoms with Gasteiger partial charge in [0.05, 0.1) is 19.8 Å². The summed E-state index contributed by atoms with van der Waals surface area (Å²) in [6.07, 6.45) is 3.16. The van der Waals surface area contributed by atoms with E-state index in [0.29, 0.717) is 17.8 Å². The molecule has 0 rings (SSSR count). The van der Waals surface area contributed by atoms with E-state index in [1.807, 2.05) is 0 Å². The lowest BCUT2D eigenvalue weighted by atomic mass is 10.3. The summed E-state index contributed by atoms with van der Waals surface area (Å²) < 4.78 is 9.08. The number of esters is 2. The second-order valence-corrected chi connectivity index (χ2v) is 3.87. The Morgan fingerprint density at radius 1 is 1.19 bits per heavy atom. The third-order valence-electron chi connectivity index (χ3n) is 1.70. The van der Waals surface area contributed by atoms with Crippen LogP contribution in [0.4, 0.5) is 0 Å². The highest BCUT2D eigenvalue weighted by Gasteiger charge is 2.00. The Morgan fingerprint density at radius 3 is 1.81 bits per heavy atom. The fourth-order valence-electron chi connectivity index (χ4n) is 0.607. The van der Waals surface area contributed by atoms with Crippen LogP contribution >= 0.6 is 0 Å². The van der Waals surface area contributed by atoms with Gasteiger partial charge in [0.15, 0.2) is 0 Å². The first-order valence-corrected chi connectivity index (χ1v) is 6.35. The average molecular weight is 295 g/mol. The first kappa shape index (κ1) is 23.7. The standard InChI is InChI=1S/C8H14O2.C5H8O2.C3H3N/c1-4-5-6-10-8(9)7(2)3;1-4(2)5(6)7-3;1-2-3-4/h2,4-6H2,1,3H3;1H2,2-3H3;2H,1H2. The first-order valence-electron chi connectivity index (χ1n) is 6.35. The minimum Gasteiger partial charge on any atom is -0.466 e. The van der Waals surface area contributed by atoms with Crippen LogP contribution in [0.1, 0.15) is 33.6 Å². The number of ether oxygens (including phenoxy) is 2. The van der Waals surface area contributed by atoms with Crippen molar-refractivity contribution in [2.75, 3.05) is 13.7 Å². The van der Waals surface area contributed by atoms with Crippen molar-refractivity contribution in [2.45, 2.75) is 33.6 Å². The van der Waals surface area contributed by atoms with Crippen molar-refractivity contribution in [3.05, 3.63) is 37.0 Å². The van der Waals surface area contributed by atoms with Gasteiger partial charge in [-0.25, -0.2) is 9.59 Å². The van der Waals surface area contributed by atoms with Gasteiger partial charge in [0.1, 0.15) is 0 Å². The van der Waals surface area contributed by atoms with Crippen LogP contribution in [0.3, 0.4) is 0 Å². The maximum Gasteiger partial charge on any atom is 0.333 e. The van der Waals surface area contributed by atoms with Gasteiger partial charge < -0.3 is 9.47 Å². The maximum atomic E-state index is 10.7. The van der Waals surface area contributed by atoms with Gasteiger partial charge in [0, 0.05) is 17.2 Å². The molecule has 0 heterocycles. The van der Waals surface area contributed by atoms with Gasteiger partial charge in [-0.1, -0.05) is 33.1 Å². The van der Waals surface area contributed by atoms with Crippen molar-refractivity contribution in [3.8, 4) is 6.07 Å². The molecule has 0 aliphatic carbocycles. The maximum absolute atomic E-state index is 10.7. The zero-order valence-corrected chi connectivity index (χ0v) is 13.4. The number of nitriles is 1. The molecule has 0 aliphatic heterocycles. The zero-order valence-electron chi connectivity index (χ0n) is 13.4. The Kier molecular flexibility index (Phi) is 19.9. The Labute approximate surface area is 127 Å². The molecule has 0 atom stereocenters. The smallest absolute Gasteiger partial charge is 0.333 e. The van der Waals surface area contributed by atoms with Crippen molar-refractivity contribution in [3.63, 3.8) is 0 Å². The molecule has 118 valence electrons. The van der Waals surface area contributed by atoms with Gasteiger partial charge in [-0.2, -0.15) is 5.26 Å². The van der Waals surface area contributed by atoms with E-state index in [4.69, 9.17) is 10.00 Å². The number of carbonyl (C=O) groups excluding carboxylic acids is 2. The largest absolute Gasteiger partial charge is 0.466 e. The molecule has 0 spiro atoms. The molecular weight excluding hydrogens is 270 g/mol. The van der Waals surface area contributed by atoms with Crippen LogP contribution in [0.25, 0.3) is 0 Å². The minimum absolute atomic E-state index is 0.284. The van der Waals surface area contributed by atoms with Crippen LogP contribution < -0.4 is 0 Å². The van der Waals surface area contributed by atoms with E-state index >= 15 is 0 Å². The molecule has 0 aliphatic rings. The highest BCUT2D eigenvalue weighted by atomic mass is 16.5. The zero-order chi connectivity index (χ0) is 17.3. The summed E-state index contributed by atoms with van der Waals surface area (Å²) in [4.78, 5) is 20.9. The van der Waals surface area contributed by atoms with Gasteiger partial charge in [0.2, 0.25) is 0 Å². The fraction of sp³-hybridized carbons (Fsp3) is 0.438. The van der Waals surface area contributed by atoms with Crippen LogP contribution in [0.15, 0.2) is 37.0 Å². The third-order valence-corrected chi connectivity index (χ3v) is 1.70. The van der Waals surface area contributed by atoms with Crippen molar-refractivity contribution in [2.24, 2.45) is 0 Å². The molecule has 0 bridgehead atoms. The van der Waals surface area contributed by atoms with Gasteiger partial charge in [-0.05, 0) is 20.3 Å². The molecule has 0 amide bonds. The SMILES string of the molecule is C=C(C)C(=O)OC.C=C(C)C(=O)OCCCC.C=CC#N. The number of rotatable bonds is 5. The number of allylic oxidation sites excluding steroid dienone is 1. The second kappa shape index (κ2) is 17.6. The molecule has 5 nitrogen and oxygen atoms in total. The predicted molar refractivity (Wildman–Crippen MR) is 83.3 cm³/mol. The lowest BCUT2D eigenvalue weighted by molar-refractivity contribution is -0.139. The summed E-state index contributed by atoms with van der Waals surface area (Å²) >= 11 is 0. The van der Waals surface area contributed by atoms with Crippen LogP contribution in [-0.4, -0.2) is 25.7 Å². The molecule has 0 saturated heterocycles. The monoisotopic (exact) mass is 295 g/mol. The van der Waals surface area contributed by atoms with Gasteiger partial charge in [0.25, 0.3) is 0 Å². The van der Waals surface area contributed by atoms with E-state index in [0.717, 1.165) is 12.8 Å². The molecular formula is C16H25NO4. The van der Waals surface area contributed by atoms with E-state index in [2.05, 4.69) is 31.4 Å². The first-order chi connectivity index (χ1) is 9.78. The van der Waals surface area contributed by atoms with Crippen LogP contribution in [0, 0.1) is 11.3 Å². The Hall–Kier alpha value is -2.35. The van der Waals surface area contributed by atoms with E-state index in [1.54, 1.807) is 19.9 Å². The molecule has 21 heavy (non-hydrogen) atoms. The van der Waals surface area contributed by atoms with Gasteiger partial charge in [-0.15, -0.1) is 0 Å². The molecule has 0 N–H and O–H groups in total. The lowest BCUT2D eigenvalue weighted by Crippen LogP contribution is -2.05. The van der Waals surface area contributed by atoms with Crippen molar-refractivity contribution >= 4 is 11.9 Å². The van der Waals surface area contributed by atoms with Gasteiger partial charge >= 0.3 is 11.9 Å². The number of nitrogens with zero attached hydrogens (tertiary/aromatic N) is 1. The summed E-state index contributed by atoms with van der Waals surface area (Å²) in [6.45, 7) is 15.7. The summed E-state index contributed by atoms with van der Waals surface area (Å²) in [7, 11) is 1.33. The molecule has 0 fully saturated rings. The lowest BCUT2D eigenvalue weighted by Gasteiger charge is -2.01. The predicted octanol–water partition coefficient (Wildman–Crippen LogP) is 3.34. The van der Waals surface area contributed by atoms with Crippen LogP contribution in [-0.2, 0) is 19.1 Å². The second-order valence-electron chi connectivity index (χ2n) is 3.87. The average Bonchev–Trinajstić information content (AvgIpc) is 2.47. The Bertz CT molecular complexity index is 392. The molecule has 0 aromatic carbocycles. The normalized spacial score (nSPS) is 7.57. The quantitative estimate of drug-likeness (QED) is 0.336. The highest BCUT2D eigenvalue weighted by molar-refractivity contribution is 5.87. The molecule has 0 aromatic rings. The van der Waals surface area contributed by atoms with E-state index in [1.165, 1.54) is 13.2 Å². The molecule has 0 radical (unpaired) electrons. The van der Waals surface area contributed by atoms with Crippen LogP contribution in [0.2, 0.25) is 0 Å². The highest BCUT2D eigenvalue weighted by Crippen LogP contribution is 1.94. The number of unbranched alkanes of at least 4 members (excludes halogenated alkanes) is 1. The van der Waals surface area contributed by atoms with E-state index < -0.39 is 0 Å². The third kappa shape index (κ3) is 23.2. The summed E-state index contributed by atoms with van der Waals surface area (Å²) in [5, 5.41) is 7.51. The fourth-order valence-corrected chi connectivity index (χ4v) is 0.607. The van der Waals surface area contributed by atoms with E-state index in [-0.39, 0.29) is 11.9 Å². The summed E-state index contributed by atoms with van der Waals surface area (Å²) in [6, 6.07) is 1.69. The van der Waals surface area contributed by atoms with Crippen molar-refractivity contribution < 1.29 is 19.1 Å². The Balaban J connectivity index is -0.000000256. The summed E-state index contributed by atoms with van der Waals surface area (Å²) in [5.41, 5.74) is 0.901. The van der Waals surface area contributed by atoms with E-state index in [9.17, 15) is 9.59 Å². The number of hydrogen-bond donors (Lipinski definition) is 0. The summed E-state index contributed by atoms with van der Waals surface area (Å²) in [5.74, 6) is -0.631. The molecule has 0 saturated carbocycles. The topological polar surface area (TPSA) is 76.4 Å². The minimum atomic E-state index is -0.347. The van der Waals surface area contributed by atoms with Crippen molar-refractivity contribution in [1.29, 1.82) is 5.26 Å². The van der Waals surface area contributed by atoms with Crippen molar-refractivity contribution in [1.82, 2.24) is 0 Å². The molecule has 5 heteroatoms.